The summed E-state index contributed by atoms with van der Waals surface area (Å²) in [4.78, 5) is 12.2. The highest BCUT2D eigenvalue weighted by Crippen LogP contribution is 2.39. The van der Waals surface area contributed by atoms with Gasteiger partial charge in [0.2, 0.25) is 6.23 Å². The normalized spacial score (nSPS) is 17.3. The van der Waals surface area contributed by atoms with Crippen molar-refractivity contribution < 1.29 is 9.53 Å². The fourth-order valence-electron chi connectivity index (χ4n) is 3.32. The third-order valence-electron chi connectivity index (χ3n) is 4.42. The fraction of sp³-hybridized carbons (Fsp3) is 0.250. The molecule has 1 aliphatic heterocycles. The van der Waals surface area contributed by atoms with Crippen molar-refractivity contribution in [2.75, 3.05) is 0 Å². The molecule has 0 saturated heterocycles. The van der Waals surface area contributed by atoms with E-state index < -0.39 is 6.23 Å². The molecule has 4 rings (SSSR count). The average Bonchev–Trinajstić information content (AvgIpc) is 3.06. The molecule has 1 atom stereocenters. The number of carbonyl (C=O) groups is 1. The minimum absolute atomic E-state index is 0.0526. The monoisotopic (exact) mass is 305 g/mol. The Morgan fingerprint density at radius 3 is 2.48 bits per heavy atom. The standard InChI is InChI=1S/C20H19NO2/c1-20(2,3)17-12-13-8-4-7-11-16(13)21(17)18-14-9-5-6-10-15(14)19(22)23-18/h4-12,18H,1-3H3. The molecule has 1 aliphatic rings. The van der Waals surface area contributed by atoms with E-state index in [-0.39, 0.29) is 11.4 Å². The second-order valence-corrected chi connectivity index (χ2v) is 7.05. The third-order valence-corrected chi connectivity index (χ3v) is 4.42. The number of esters is 1. The van der Waals surface area contributed by atoms with Crippen LogP contribution in [0.4, 0.5) is 0 Å². The summed E-state index contributed by atoms with van der Waals surface area (Å²) in [5.74, 6) is -0.247. The van der Waals surface area contributed by atoms with Gasteiger partial charge in [-0.1, -0.05) is 57.2 Å². The number of aromatic nitrogens is 1. The quantitative estimate of drug-likeness (QED) is 0.612. The Hall–Kier alpha value is -2.55. The van der Waals surface area contributed by atoms with Gasteiger partial charge in [-0.3, -0.25) is 0 Å². The fourth-order valence-corrected chi connectivity index (χ4v) is 3.32. The van der Waals surface area contributed by atoms with Crippen LogP contribution in [-0.2, 0) is 10.2 Å². The molecule has 3 aromatic rings. The van der Waals surface area contributed by atoms with Crippen LogP contribution >= 0.6 is 0 Å². The Bertz CT molecular complexity index is 915. The van der Waals surface area contributed by atoms with Crippen LogP contribution < -0.4 is 0 Å². The Kier molecular flexibility index (Phi) is 2.89. The Labute approximate surface area is 135 Å². The lowest BCUT2D eigenvalue weighted by Gasteiger charge is -2.25. The molecule has 3 nitrogen and oxygen atoms in total. The van der Waals surface area contributed by atoms with E-state index in [1.807, 2.05) is 36.4 Å². The number of benzene rings is 2. The van der Waals surface area contributed by atoms with Crippen LogP contribution in [0, 0.1) is 0 Å². The van der Waals surface area contributed by atoms with Gasteiger partial charge in [-0.2, -0.15) is 0 Å². The summed E-state index contributed by atoms with van der Waals surface area (Å²) >= 11 is 0. The van der Waals surface area contributed by atoms with E-state index in [1.54, 1.807) is 0 Å². The molecule has 23 heavy (non-hydrogen) atoms. The summed E-state index contributed by atoms with van der Waals surface area (Å²) in [7, 11) is 0. The highest BCUT2D eigenvalue weighted by molar-refractivity contribution is 5.94. The van der Waals surface area contributed by atoms with Crippen LogP contribution in [0.1, 0.15) is 48.6 Å². The highest BCUT2D eigenvalue weighted by Gasteiger charge is 2.35. The molecule has 2 aromatic carbocycles. The molecule has 2 heterocycles. The van der Waals surface area contributed by atoms with Crippen LogP contribution in [0.2, 0.25) is 0 Å². The lowest BCUT2D eigenvalue weighted by atomic mass is 9.91. The van der Waals surface area contributed by atoms with Gasteiger partial charge in [0.15, 0.2) is 0 Å². The molecule has 3 heteroatoms. The van der Waals surface area contributed by atoms with E-state index in [1.165, 1.54) is 0 Å². The van der Waals surface area contributed by atoms with Crippen molar-refractivity contribution in [3.8, 4) is 0 Å². The largest absolute Gasteiger partial charge is 0.433 e. The molecule has 0 aliphatic carbocycles. The van der Waals surface area contributed by atoms with E-state index in [0.29, 0.717) is 5.56 Å². The first-order valence-corrected chi connectivity index (χ1v) is 7.87. The Morgan fingerprint density at radius 1 is 1.00 bits per heavy atom. The third kappa shape index (κ3) is 2.07. The molecule has 0 fully saturated rings. The van der Waals surface area contributed by atoms with E-state index in [4.69, 9.17) is 4.74 Å². The van der Waals surface area contributed by atoms with Crippen LogP contribution in [0.3, 0.4) is 0 Å². The number of rotatable bonds is 1. The molecule has 1 aromatic heterocycles. The topological polar surface area (TPSA) is 31.2 Å². The van der Waals surface area contributed by atoms with E-state index in [0.717, 1.165) is 22.2 Å². The van der Waals surface area contributed by atoms with Crippen molar-refractivity contribution in [3.63, 3.8) is 0 Å². The molecule has 0 amide bonds. The van der Waals surface area contributed by atoms with Crippen molar-refractivity contribution in [1.29, 1.82) is 0 Å². The van der Waals surface area contributed by atoms with Gasteiger partial charge in [-0.15, -0.1) is 0 Å². The van der Waals surface area contributed by atoms with Crippen molar-refractivity contribution in [1.82, 2.24) is 4.57 Å². The Balaban J connectivity index is 2.01. The molecular formula is C20H19NO2. The summed E-state index contributed by atoms with van der Waals surface area (Å²) in [5, 5.41) is 1.16. The molecule has 0 spiro atoms. The number of cyclic esters (lactones) is 1. The van der Waals surface area contributed by atoms with Gasteiger partial charge in [0.1, 0.15) is 0 Å². The zero-order chi connectivity index (χ0) is 16.2. The van der Waals surface area contributed by atoms with Crippen LogP contribution in [0.5, 0.6) is 0 Å². The maximum Gasteiger partial charge on any atom is 0.340 e. The average molecular weight is 305 g/mol. The maximum atomic E-state index is 12.2. The first kappa shape index (κ1) is 14.1. The zero-order valence-corrected chi connectivity index (χ0v) is 13.5. The zero-order valence-electron chi connectivity index (χ0n) is 13.5. The van der Waals surface area contributed by atoms with Crippen LogP contribution in [-0.4, -0.2) is 10.5 Å². The van der Waals surface area contributed by atoms with Gasteiger partial charge in [-0.25, -0.2) is 4.79 Å². The number of hydrogen-bond donors (Lipinski definition) is 0. The number of carbonyl (C=O) groups excluding carboxylic acids is 1. The van der Waals surface area contributed by atoms with E-state index in [2.05, 4.69) is 43.5 Å². The summed E-state index contributed by atoms with van der Waals surface area (Å²) in [6.45, 7) is 6.54. The van der Waals surface area contributed by atoms with Crippen molar-refractivity contribution >= 4 is 16.9 Å². The molecule has 0 saturated carbocycles. The van der Waals surface area contributed by atoms with E-state index in [9.17, 15) is 4.79 Å². The number of hydrogen-bond acceptors (Lipinski definition) is 2. The van der Waals surface area contributed by atoms with Gasteiger partial charge in [0, 0.05) is 22.1 Å². The predicted octanol–water partition coefficient (Wildman–Crippen LogP) is 4.66. The molecular weight excluding hydrogens is 286 g/mol. The van der Waals surface area contributed by atoms with E-state index >= 15 is 0 Å². The van der Waals surface area contributed by atoms with Gasteiger partial charge < -0.3 is 9.30 Å². The first-order chi connectivity index (χ1) is 11.0. The first-order valence-electron chi connectivity index (χ1n) is 7.87. The van der Waals surface area contributed by atoms with Gasteiger partial charge in [0.25, 0.3) is 0 Å². The summed E-state index contributed by atoms with van der Waals surface area (Å²) in [6, 6.07) is 18.1. The SMILES string of the molecule is CC(C)(C)c1cc2ccccc2n1C1OC(=O)c2ccccc21. The molecule has 0 N–H and O–H groups in total. The summed E-state index contributed by atoms with van der Waals surface area (Å²) < 4.78 is 7.91. The minimum Gasteiger partial charge on any atom is -0.433 e. The summed E-state index contributed by atoms with van der Waals surface area (Å²) in [5.41, 5.74) is 3.79. The molecule has 116 valence electrons. The van der Waals surface area contributed by atoms with Crippen molar-refractivity contribution in [2.24, 2.45) is 0 Å². The number of fused-ring (bicyclic) bond motifs is 2. The second-order valence-electron chi connectivity index (χ2n) is 7.05. The second kappa shape index (κ2) is 4.72. The predicted molar refractivity (Wildman–Crippen MR) is 90.6 cm³/mol. The Morgan fingerprint density at radius 2 is 1.70 bits per heavy atom. The lowest BCUT2D eigenvalue weighted by molar-refractivity contribution is 0.0321. The van der Waals surface area contributed by atoms with Crippen molar-refractivity contribution in [2.45, 2.75) is 32.4 Å². The van der Waals surface area contributed by atoms with Gasteiger partial charge >= 0.3 is 5.97 Å². The van der Waals surface area contributed by atoms with Crippen LogP contribution in [0.15, 0.2) is 54.6 Å². The smallest absolute Gasteiger partial charge is 0.340 e. The van der Waals surface area contributed by atoms with Gasteiger partial charge in [0.05, 0.1) is 11.1 Å². The maximum absolute atomic E-state index is 12.2. The number of para-hydroxylation sites is 1. The molecule has 1 unspecified atom stereocenters. The van der Waals surface area contributed by atoms with Crippen molar-refractivity contribution in [3.05, 3.63) is 71.4 Å². The molecule has 0 radical (unpaired) electrons. The van der Waals surface area contributed by atoms with Crippen LogP contribution in [0.25, 0.3) is 10.9 Å². The molecule has 0 bridgehead atoms. The lowest BCUT2D eigenvalue weighted by Crippen LogP contribution is -2.21. The minimum atomic E-state index is -0.396. The highest BCUT2D eigenvalue weighted by atomic mass is 16.6. The summed E-state index contributed by atoms with van der Waals surface area (Å²) in [6.07, 6.45) is -0.396. The number of ether oxygens (including phenoxy) is 1. The van der Waals surface area contributed by atoms with Gasteiger partial charge in [-0.05, 0) is 18.2 Å². The number of nitrogens with zero attached hydrogens (tertiary/aromatic N) is 1.